The number of carbonyl (C=O) groups excluding carboxylic acids is 2. The Balaban J connectivity index is 1.95. The Labute approximate surface area is 131 Å². The van der Waals surface area contributed by atoms with Gasteiger partial charge in [-0.25, -0.2) is 0 Å². The second-order valence-electron chi connectivity index (χ2n) is 4.41. The standard InChI is InChI=1S/C14H15N3O4S/c1-8(9-3-5-10(21-2)6-4-9)16-17-14-15-13(20)11(22-14)7-12(18)19/h3-6,11,16H,1,7H2,2H3,(H,18,19)(H,15,17,20)/p-1/t11-/m1/s1. The highest BCUT2D eigenvalue weighted by atomic mass is 32.2. The molecule has 0 radical (unpaired) electrons. The molecule has 1 aliphatic heterocycles. The third kappa shape index (κ3) is 4.01. The fourth-order valence-corrected chi connectivity index (χ4v) is 2.63. The van der Waals surface area contributed by atoms with E-state index in [0.717, 1.165) is 23.1 Å². The maximum absolute atomic E-state index is 11.5. The molecular weight excluding hydrogens is 306 g/mol. The minimum atomic E-state index is -1.27. The number of amides is 1. The Morgan fingerprint density at radius 1 is 1.50 bits per heavy atom. The number of ether oxygens (including phenoxy) is 1. The Bertz CT molecular complexity index is 627. The van der Waals surface area contributed by atoms with Gasteiger partial charge in [0.2, 0.25) is 5.91 Å². The molecule has 0 unspecified atom stereocenters. The first-order valence-electron chi connectivity index (χ1n) is 6.34. The van der Waals surface area contributed by atoms with Crippen LogP contribution in [0.1, 0.15) is 12.0 Å². The van der Waals surface area contributed by atoms with Crippen molar-refractivity contribution >= 4 is 34.5 Å². The third-order valence-electron chi connectivity index (χ3n) is 2.86. The zero-order chi connectivity index (χ0) is 16.1. The Morgan fingerprint density at radius 2 is 2.18 bits per heavy atom. The van der Waals surface area contributed by atoms with Crippen molar-refractivity contribution in [3.05, 3.63) is 36.4 Å². The Hall–Kier alpha value is -2.48. The van der Waals surface area contributed by atoms with E-state index in [-0.39, 0.29) is 6.42 Å². The number of amidine groups is 1. The average Bonchev–Trinajstić information content (AvgIpc) is 2.84. The van der Waals surface area contributed by atoms with Crippen LogP contribution in [0.25, 0.3) is 5.70 Å². The molecule has 0 aromatic heterocycles. The van der Waals surface area contributed by atoms with Crippen molar-refractivity contribution in [2.75, 3.05) is 7.11 Å². The summed E-state index contributed by atoms with van der Waals surface area (Å²) in [5, 5.41) is 16.6. The van der Waals surface area contributed by atoms with Crippen molar-refractivity contribution in [1.82, 2.24) is 10.7 Å². The molecule has 1 amide bonds. The number of nitrogens with one attached hydrogen (secondary N) is 2. The van der Waals surface area contributed by atoms with Crippen LogP contribution >= 0.6 is 11.8 Å². The number of benzene rings is 1. The summed E-state index contributed by atoms with van der Waals surface area (Å²) in [6, 6.07) is 7.20. The summed E-state index contributed by atoms with van der Waals surface area (Å²) in [4.78, 5) is 22.1. The van der Waals surface area contributed by atoms with Crippen LogP contribution < -0.4 is 20.6 Å². The number of hydrazone groups is 1. The van der Waals surface area contributed by atoms with Crippen LogP contribution in [0.15, 0.2) is 35.9 Å². The Kier molecular flexibility index (Phi) is 5.05. The summed E-state index contributed by atoms with van der Waals surface area (Å²) >= 11 is 1.04. The van der Waals surface area contributed by atoms with Crippen molar-refractivity contribution in [2.45, 2.75) is 11.7 Å². The molecule has 0 saturated carbocycles. The molecule has 7 nitrogen and oxygen atoms in total. The molecule has 22 heavy (non-hydrogen) atoms. The number of hydrogen-bond acceptors (Lipinski definition) is 7. The zero-order valence-electron chi connectivity index (χ0n) is 11.8. The summed E-state index contributed by atoms with van der Waals surface area (Å²) in [6.07, 6.45) is -0.352. The molecule has 1 aromatic carbocycles. The highest BCUT2D eigenvalue weighted by Crippen LogP contribution is 2.22. The number of methoxy groups -OCH3 is 1. The minimum absolute atomic E-state index is 0.297. The molecule has 1 heterocycles. The minimum Gasteiger partial charge on any atom is -0.550 e. The largest absolute Gasteiger partial charge is 0.550 e. The number of carboxylic acids is 1. The van der Waals surface area contributed by atoms with Gasteiger partial charge in [-0.15, -0.1) is 5.10 Å². The fourth-order valence-electron chi connectivity index (χ4n) is 1.72. The van der Waals surface area contributed by atoms with Gasteiger partial charge in [0.1, 0.15) is 5.75 Å². The monoisotopic (exact) mass is 320 g/mol. The van der Waals surface area contributed by atoms with Gasteiger partial charge in [0.25, 0.3) is 0 Å². The average molecular weight is 320 g/mol. The quantitative estimate of drug-likeness (QED) is 0.710. The summed E-state index contributed by atoms with van der Waals surface area (Å²) in [6.45, 7) is 3.84. The molecule has 1 fully saturated rings. The van der Waals surface area contributed by atoms with Gasteiger partial charge in [0.15, 0.2) is 5.17 Å². The van der Waals surface area contributed by atoms with Crippen LogP contribution in [0.2, 0.25) is 0 Å². The van der Waals surface area contributed by atoms with Crippen LogP contribution in [0.3, 0.4) is 0 Å². The van der Waals surface area contributed by atoms with Crippen LogP contribution in [0.4, 0.5) is 0 Å². The fraction of sp³-hybridized carbons (Fsp3) is 0.214. The smallest absolute Gasteiger partial charge is 0.239 e. The van der Waals surface area contributed by atoms with E-state index in [9.17, 15) is 14.7 Å². The van der Waals surface area contributed by atoms with Crippen LogP contribution in [-0.4, -0.2) is 29.4 Å². The van der Waals surface area contributed by atoms with Gasteiger partial charge in [-0.05, 0) is 29.8 Å². The second-order valence-corrected chi connectivity index (χ2v) is 5.60. The van der Waals surface area contributed by atoms with Crippen molar-refractivity contribution in [1.29, 1.82) is 0 Å². The number of nitrogens with zero attached hydrogens (tertiary/aromatic N) is 1. The van der Waals surface area contributed by atoms with Crippen LogP contribution in [0.5, 0.6) is 5.75 Å². The Morgan fingerprint density at radius 3 is 2.77 bits per heavy atom. The number of hydrogen-bond donors (Lipinski definition) is 2. The third-order valence-corrected chi connectivity index (χ3v) is 3.94. The van der Waals surface area contributed by atoms with Crippen molar-refractivity contribution in [3.63, 3.8) is 0 Å². The molecule has 2 N–H and O–H groups in total. The van der Waals surface area contributed by atoms with E-state index in [1.807, 2.05) is 12.1 Å². The molecule has 116 valence electrons. The molecule has 0 spiro atoms. The van der Waals surface area contributed by atoms with Gasteiger partial charge >= 0.3 is 0 Å². The highest BCUT2D eigenvalue weighted by Gasteiger charge is 2.30. The molecule has 8 heteroatoms. The molecule has 0 aliphatic carbocycles. The molecule has 1 atom stereocenters. The predicted octanol–water partition coefficient (Wildman–Crippen LogP) is -0.102. The predicted molar refractivity (Wildman–Crippen MR) is 81.7 cm³/mol. The summed E-state index contributed by atoms with van der Waals surface area (Å²) in [7, 11) is 1.58. The molecule has 0 bridgehead atoms. The van der Waals surface area contributed by atoms with Crippen molar-refractivity contribution in [3.8, 4) is 5.75 Å². The van der Waals surface area contributed by atoms with Gasteiger partial charge in [-0.3, -0.25) is 10.2 Å². The van der Waals surface area contributed by atoms with Crippen molar-refractivity contribution < 1.29 is 19.4 Å². The van der Waals surface area contributed by atoms with Gasteiger partial charge in [-0.2, -0.15) is 0 Å². The lowest BCUT2D eigenvalue weighted by Crippen LogP contribution is -2.31. The van der Waals surface area contributed by atoms with E-state index in [1.165, 1.54) is 0 Å². The number of thioether (sulfide) groups is 1. The van der Waals surface area contributed by atoms with Gasteiger partial charge in [-0.1, -0.05) is 18.3 Å². The van der Waals surface area contributed by atoms with E-state index in [1.54, 1.807) is 19.2 Å². The van der Waals surface area contributed by atoms with E-state index < -0.39 is 17.1 Å². The lowest BCUT2D eigenvalue weighted by molar-refractivity contribution is -0.305. The molecule has 1 aromatic rings. The molecular formula is C14H14N3O4S-. The summed E-state index contributed by atoms with van der Waals surface area (Å²) in [5.41, 5.74) is 4.07. The SMILES string of the molecule is C=C(N/N=C1\NC(=O)[C@@H](CC(=O)[O-])S1)c1ccc(OC)cc1. The van der Waals surface area contributed by atoms with Crippen molar-refractivity contribution in [2.24, 2.45) is 5.10 Å². The van der Waals surface area contributed by atoms with E-state index in [0.29, 0.717) is 10.9 Å². The number of carbonyl (C=O) groups is 2. The molecule has 1 aliphatic rings. The maximum Gasteiger partial charge on any atom is 0.239 e. The lowest BCUT2D eigenvalue weighted by atomic mass is 10.2. The summed E-state index contributed by atoms with van der Waals surface area (Å²) < 4.78 is 5.06. The first kappa shape index (κ1) is 15.9. The van der Waals surface area contributed by atoms with E-state index in [2.05, 4.69) is 22.4 Å². The second kappa shape index (κ2) is 6.99. The number of carboxylic acid groups (broad SMARTS) is 1. The normalized spacial score (nSPS) is 18.9. The van der Waals surface area contributed by atoms with Crippen LogP contribution in [-0.2, 0) is 9.59 Å². The van der Waals surface area contributed by atoms with E-state index in [4.69, 9.17) is 4.74 Å². The lowest BCUT2D eigenvalue weighted by Gasteiger charge is -2.07. The maximum atomic E-state index is 11.5. The van der Waals surface area contributed by atoms with Crippen LogP contribution in [0, 0.1) is 0 Å². The number of rotatable bonds is 6. The first-order chi connectivity index (χ1) is 10.5. The summed E-state index contributed by atoms with van der Waals surface area (Å²) in [5.74, 6) is -0.944. The number of aliphatic carboxylic acids is 1. The van der Waals surface area contributed by atoms with E-state index >= 15 is 0 Å². The van der Waals surface area contributed by atoms with Gasteiger partial charge in [0.05, 0.1) is 18.1 Å². The first-order valence-corrected chi connectivity index (χ1v) is 7.22. The highest BCUT2D eigenvalue weighted by molar-refractivity contribution is 8.15. The van der Waals surface area contributed by atoms with Gasteiger partial charge in [0, 0.05) is 12.4 Å². The topological polar surface area (TPSA) is 103 Å². The van der Waals surface area contributed by atoms with Gasteiger partial charge < -0.3 is 20.0 Å². The molecule has 2 rings (SSSR count). The zero-order valence-corrected chi connectivity index (χ0v) is 12.6. The molecule has 1 saturated heterocycles.